The van der Waals surface area contributed by atoms with Crippen LogP contribution in [0, 0.1) is 5.82 Å². The van der Waals surface area contributed by atoms with Crippen LogP contribution in [0.3, 0.4) is 0 Å². The summed E-state index contributed by atoms with van der Waals surface area (Å²) >= 11 is 0. The number of halogens is 1. The van der Waals surface area contributed by atoms with Gasteiger partial charge in [0.05, 0.1) is 5.69 Å². The Kier molecular flexibility index (Phi) is 4.05. The Morgan fingerprint density at radius 3 is 2.68 bits per heavy atom. The van der Waals surface area contributed by atoms with Gasteiger partial charge in [0.2, 0.25) is 5.91 Å². The first-order valence-corrected chi connectivity index (χ1v) is 6.85. The minimum absolute atomic E-state index is 0.152. The molecule has 0 fully saturated rings. The molecule has 1 aliphatic heterocycles. The fourth-order valence-electron chi connectivity index (χ4n) is 2.07. The van der Waals surface area contributed by atoms with Gasteiger partial charge in [-0.3, -0.25) is 4.79 Å². The Bertz CT molecular complexity index is 728. The summed E-state index contributed by atoms with van der Waals surface area (Å²) in [4.78, 5) is 11.8. The van der Waals surface area contributed by atoms with Gasteiger partial charge in [-0.2, -0.15) is 0 Å². The molecule has 22 heavy (non-hydrogen) atoms. The van der Waals surface area contributed by atoms with Crippen molar-refractivity contribution in [1.29, 1.82) is 0 Å². The minimum atomic E-state index is -0.469. The predicted molar refractivity (Wildman–Crippen MR) is 81.5 cm³/mol. The zero-order valence-corrected chi connectivity index (χ0v) is 11.7. The van der Waals surface area contributed by atoms with Crippen LogP contribution in [-0.2, 0) is 4.79 Å². The molecule has 0 aliphatic carbocycles. The van der Waals surface area contributed by atoms with Crippen LogP contribution in [0.1, 0.15) is 5.56 Å². The van der Waals surface area contributed by atoms with E-state index in [1.54, 1.807) is 30.3 Å². The number of hydrogen-bond donors (Lipinski definition) is 1. The molecule has 3 rings (SSSR count). The lowest BCUT2D eigenvalue weighted by molar-refractivity contribution is -0.111. The molecule has 0 bridgehead atoms. The smallest absolute Gasteiger partial charge is 0.248 e. The highest BCUT2D eigenvalue weighted by Crippen LogP contribution is 2.31. The monoisotopic (exact) mass is 299 g/mol. The molecule has 2 aromatic carbocycles. The summed E-state index contributed by atoms with van der Waals surface area (Å²) in [5.41, 5.74) is 0.951. The molecule has 0 unspecified atom stereocenters. The lowest BCUT2D eigenvalue weighted by Crippen LogP contribution is -2.15. The SMILES string of the molecule is O=C(/C=C/c1ccc2c(c1)OCCO2)Nc1ccccc1F. The van der Waals surface area contributed by atoms with Crippen molar-refractivity contribution in [3.8, 4) is 11.5 Å². The highest BCUT2D eigenvalue weighted by atomic mass is 19.1. The van der Waals surface area contributed by atoms with Gasteiger partial charge in [-0.15, -0.1) is 0 Å². The molecule has 2 aromatic rings. The van der Waals surface area contributed by atoms with E-state index in [9.17, 15) is 9.18 Å². The van der Waals surface area contributed by atoms with E-state index in [2.05, 4.69) is 5.32 Å². The summed E-state index contributed by atoms with van der Waals surface area (Å²) in [6.45, 7) is 1.04. The van der Waals surface area contributed by atoms with E-state index in [0.29, 0.717) is 24.7 Å². The Balaban J connectivity index is 1.68. The number of benzene rings is 2. The van der Waals surface area contributed by atoms with Crippen LogP contribution in [0.15, 0.2) is 48.5 Å². The van der Waals surface area contributed by atoms with Gasteiger partial charge in [0.1, 0.15) is 19.0 Å². The third-order valence-corrected chi connectivity index (χ3v) is 3.13. The first-order valence-electron chi connectivity index (χ1n) is 6.85. The molecule has 112 valence electrons. The number of nitrogens with one attached hydrogen (secondary N) is 1. The number of carbonyl (C=O) groups is 1. The maximum Gasteiger partial charge on any atom is 0.248 e. The summed E-state index contributed by atoms with van der Waals surface area (Å²) in [5.74, 6) is 0.477. The molecular weight excluding hydrogens is 285 g/mol. The summed E-state index contributed by atoms with van der Waals surface area (Å²) in [7, 11) is 0. The number of amides is 1. The molecule has 0 radical (unpaired) electrons. The van der Waals surface area contributed by atoms with Gasteiger partial charge in [-0.25, -0.2) is 4.39 Å². The first kappa shape index (κ1) is 14.1. The van der Waals surface area contributed by atoms with Gasteiger partial charge in [-0.05, 0) is 35.9 Å². The number of fused-ring (bicyclic) bond motifs is 1. The molecule has 1 aliphatic rings. The Morgan fingerprint density at radius 1 is 1.09 bits per heavy atom. The Hall–Kier alpha value is -2.82. The van der Waals surface area contributed by atoms with E-state index in [1.165, 1.54) is 18.2 Å². The van der Waals surface area contributed by atoms with Crippen LogP contribution in [-0.4, -0.2) is 19.1 Å². The number of carbonyl (C=O) groups excluding carboxylic acids is 1. The largest absolute Gasteiger partial charge is 0.486 e. The van der Waals surface area contributed by atoms with Gasteiger partial charge in [-0.1, -0.05) is 18.2 Å². The quantitative estimate of drug-likeness (QED) is 0.885. The van der Waals surface area contributed by atoms with Crippen molar-refractivity contribution in [3.63, 3.8) is 0 Å². The molecule has 0 saturated carbocycles. The maximum absolute atomic E-state index is 13.4. The molecule has 1 amide bonds. The van der Waals surface area contributed by atoms with E-state index < -0.39 is 11.7 Å². The van der Waals surface area contributed by atoms with Gasteiger partial charge in [0.25, 0.3) is 0 Å². The van der Waals surface area contributed by atoms with Crippen molar-refractivity contribution < 1.29 is 18.7 Å². The highest BCUT2D eigenvalue weighted by Gasteiger charge is 2.10. The van der Waals surface area contributed by atoms with Crippen molar-refractivity contribution in [3.05, 3.63) is 59.9 Å². The van der Waals surface area contributed by atoms with E-state index >= 15 is 0 Å². The number of ether oxygens (including phenoxy) is 2. The van der Waals surface area contributed by atoms with E-state index in [4.69, 9.17) is 9.47 Å². The van der Waals surface area contributed by atoms with Crippen molar-refractivity contribution >= 4 is 17.7 Å². The third kappa shape index (κ3) is 3.25. The van der Waals surface area contributed by atoms with Gasteiger partial charge >= 0.3 is 0 Å². The van der Waals surface area contributed by atoms with Crippen LogP contribution >= 0.6 is 0 Å². The van der Waals surface area contributed by atoms with Crippen molar-refractivity contribution in [2.75, 3.05) is 18.5 Å². The van der Waals surface area contributed by atoms with E-state index in [1.807, 2.05) is 6.07 Å². The third-order valence-electron chi connectivity index (χ3n) is 3.13. The molecular formula is C17H14FNO3. The highest BCUT2D eigenvalue weighted by molar-refractivity contribution is 6.02. The van der Waals surface area contributed by atoms with Crippen molar-refractivity contribution in [2.45, 2.75) is 0 Å². The fraction of sp³-hybridized carbons (Fsp3) is 0.118. The summed E-state index contributed by atoms with van der Waals surface area (Å²) in [6, 6.07) is 11.4. The number of para-hydroxylation sites is 1. The van der Waals surface area contributed by atoms with E-state index in [0.717, 1.165) is 5.56 Å². The predicted octanol–water partition coefficient (Wildman–Crippen LogP) is 3.25. The summed E-state index contributed by atoms with van der Waals surface area (Å²) < 4.78 is 24.3. The summed E-state index contributed by atoms with van der Waals surface area (Å²) in [6.07, 6.45) is 2.98. The van der Waals surface area contributed by atoms with Crippen LogP contribution in [0.2, 0.25) is 0 Å². The zero-order valence-electron chi connectivity index (χ0n) is 11.7. The Morgan fingerprint density at radius 2 is 1.86 bits per heavy atom. The summed E-state index contributed by atoms with van der Waals surface area (Å²) in [5, 5.41) is 2.49. The minimum Gasteiger partial charge on any atom is -0.486 e. The number of anilines is 1. The van der Waals surface area contributed by atoms with Crippen molar-refractivity contribution in [2.24, 2.45) is 0 Å². The van der Waals surface area contributed by atoms with Crippen molar-refractivity contribution in [1.82, 2.24) is 0 Å². The number of hydrogen-bond acceptors (Lipinski definition) is 3. The Labute approximate surface area is 127 Å². The van der Waals surface area contributed by atoms with Crippen LogP contribution in [0.4, 0.5) is 10.1 Å². The molecule has 1 N–H and O–H groups in total. The lowest BCUT2D eigenvalue weighted by atomic mass is 10.2. The topological polar surface area (TPSA) is 47.6 Å². The molecule has 0 spiro atoms. The number of rotatable bonds is 3. The zero-order chi connectivity index (χ0) is 15.4. The second-order valence-corrected chi connectivity index (χ2v) is 4.71. The van der Waals surface area contributed by atoms with Crippen LogP contribution in [0.25, 0.3) is 6.08 Å². The lowest BCUT2D eigenvalue weighted by Gasteiger charge is -2.18. The average Bonchev–Trinajstić information content (AvgIpc) is 2.55. The van der Waals surface area contributed by atoms with E-state index in [-0.39, 0.29) is 5.69 Å². The second-order valence-electron chi connectivity index (χ2n) is 4.71. The molecule has 0 saturated heterocycles. The molecule has 5 heteroatoms. The fourth-order valence-corrected chi connectivity index (χ4v) is 2.07. The normalized spacial score (nSPS) is 13.1. The van der Waals surface area contributed by atoms with Gasteiger partial charge < -0.3 is 14.8 Å². The first-order chi connectivity index (χ1) is 10.7. The molecule has 0 atom stereocenters. The van der Waals surface area contributed by atoms with Gasteiger partial charge in [0, 0.05) is 6.08 Å². The molecule has 1 heterocycles. The average molecular weight is 299 g/mol. The molecule has 0 aromatic heterocycles. The molecule has 4 nitrogen and oxygen atoms in total. The maximum atomic E-state index is 13.4. The standard InChI is InChI=1S/C17H14FNO3/c18-13-3-1-2-4-14(13)19-17(20)8-6-12-5-7-15-16(11-12)22-10-9-21-15/h1-8,11H,9-10H2,(H,19,20)/b8-6+. The second kappa shape index (κ2) is 6.30. The van der Waals surface area contributed by atoms with Crippen LogP contribution in [0.5, 0.6) is 11.5 Å². The van der Waals surface area contributed by atoms with Gasteiger partial charge in [0.15, 0.2) is 11.5 Å². The van der Waals surface area contributed by atoms with Crippen LogP contribution < -0.4 is 14.8 Å².